The normalized spacial score (nSPS) is 16.7. The van der Waals surface area contributed by atoms with E-state index in [1.165, 1.54) is 7.11 Å². The molecular weight excluding hydrogens is 448 g/mol. The third kappa shape index (κ3) is 5.22. The first kappa shape index (κ1) is 21.9. The molecule has 1 aliphatic heterocycles. The molecule has 1 fully saturated rings. The molecule has 30 heavy (non-hydrogen) atoms. The molecular formula is C22H25BrN4O3. The second-order valence-electron chi connectivity index (χ2n) is 7.49. The number of nitrogens with one attached hydrogen (secondary N) is 2. The molecule has 158 valence electrons. The highest BCUT2D eigenvalue weighted by molar-refractivity contribution is 9.10. The van der Waals surface area contributed by atoms with Gasteiger partial charge in [-0.05, 0) is 48.9 Å². The SMILES string of the molecule is COC(=O)NC(C(=O)N1CCCC1c1ncc(C#Cc2ccc(Br)cc2)[nH]1)C(C)C. The van der Waals surface area contributed by atoms with Crippen LogP contribution in [0.2, 0.25) is 0 Å². The topological polar surface area (TPSA) is 87.3 Å². The summed E-state index contributed by atoms with van der Waals surface area (Å²) in [4.78, 5) is 34.3. The molecule has 2 atom stereocenters. The first-order valence-electron chi connectivity index (χ1n) is 9.86. The number of hydrogen-bond donors (Lipinski definition) is 2. The van der Waals surface area contributed by atoms with Crippen molar-refractivity contribution in [2.75, 3.05) is 13.7 Å². The second-order valence-corrected chi connectivity index (χ2v) is 8.40. The Hall–Kier alpha value is -2.79. The first-order chi connectivity index (χ1) is 14.4. The highest BCUT2D eigenvalue weighted by Gasteiger charge is 2.37. The molecule has 7 nitrogen and oxygen atoms in total. The Morgan fingerprint density at radius 3 is 2.70 bits per heavy atom. The van der Waals surface area contributed by atoms with Crippen LogP contribution in [0.3, 0.4) is 0 Å². The monoisotopic (exact) mass is 472 g/mol. The Labute approximate surface area is 184 Å². The van der Waals surface area contributed by atoms with Gasteiger partial charge in [0.15, 0.2) is 0 Å². The number of hydrogen-bond acceptors (Lipinski definition) is 4. The number of aromatic nitrogens is 2. The van der Waals surface area contributed by atoms with Gasteiger partial charge < -0.3 is 19.9 Å². The number of ether oxygens (including phenoxy) is 1. The van der Waals surface area contributed by atoms with E-state index in [4.69, 9.17) is 0 Å². The van der Waals surface area contributed by atoms with Crippen molar-refractivity contribution in [2.45, 2.75) is 38.8 Å². The van der Waals surface area contributed by atoms with Crippen molar-refractivity contribution in [2.24, 2.45) is 5.92 Å². The maximum atomic E-state index is 13.1. The van der Waals surface area contributed by atoms with Crippen LogP contribution in [-0.4, -0.2) is 46.6 Å². The van der Waals surface area contributed by atoms with Crippen molar-refractivity contribution in [3.63, 3.8) is 0 Å². The van der Waals surface area contributed by atoms with Crippen molar-refractivity contribution >= 4 is 27.9 Å². The lowest BCUT2D eigenvalue weighted by Crippen LogP contribution is -2.51. The number of likely N-dealkylation sites (tertiary alicyclic amines) is 1. The summed E-state index contributed by atoms with van der Waals surface area (Å²) in [7, 11) is 1.29. The van der Waals surface area contributed by atoms with E-state index in [-0.39, 0.29) is 17.9 Å². The number of nitrogens with zero attached hydrogens (tertiary/aromatic N) is 2. The smallest absolute Gasteiger partial charge is 0.407 e. The van der Waals surface area contributed by atoms with Crippen molar-refractivity contribution in [3.05, 3.63) is 52.0 Å². The van der Waals surface area contributed by atoms with Gasteiger partial charge in [-0.25, -0.2) is 9.78 Å². The van der Waals surface area contributed by atoms with Gasteiger partial charge in [-0.15, -0.1) is 0 Å². The zero-order chi connectivity index (χ0) is 21.7. The third-order valence-electron chi connectivity index (χ3n) is 5.02. The molecule has 2 aromatic rings. The maximum Gasteiger partial charge on any atom is 0.407 e. The van der Waals surface area contributed by atoms with Crippen LogP contribution in [-0.2, 0) is 9.53 Å². The summed E-state index contributed by atoms with van der Waals surface area (Å²) in [6.45, 7) is 4.41. The van der Waals surface area contributed by atoms with Gasteiger partial charge in [0.1, 0.15) is 17.6 Å². The van der Waals surface area contributed by atoms with E-state index in [0.29, 0.717) is 18.1 Å². The molecule has 2 unspecified atom stereocenters. The molecule has 0 saturated carbocycles. The van der Waals surface area contributed by atoms with E-state index < -0.39 is 12.1 Å². The molecule has 2 amide bonds. The van der Waals surface area contributed by atoms with Gasteiger partial charge in [0.2, 0.25) is 5.91 Å². The van der Waals surface area contributed by atoms with Crippen LogP contribution >= 0.6 is 15.9 Å². The zero-order valence-corrected chi connectivity index (χ0v) is 18.8. The molecule has 1 aromatic carbocycles. The number of carbonyl (C=O) groups excluding carboxylic acids is 2. The summed E-state index contributed by atoms with van der Waals surface area (Å²) in [5.41, 5.74) is 1.60. The van der Waals surface area contributed by atoms with Gasteiger partial charge in [-0.2, -0.15) is 0 Å². The number of carbonyl (C=O) groups is 2. The predicted octanol–water partition coefficient (Wildman–Crippen LogP) is 3.62. The van der Waals surface area contributed by atoms with Crippen LogP contribution in [0.25, 0.3) is 0 Å². The van der Waals surface area contributed by atoms with Crippen molar-refractivity contribution in [1.29, 1.82) is 0 Å². The van der Waals surface area contributed by atoms with E-state index in [0.717, 1.165) is 22.9 Å². The van der Waals surface area contributed by atoms with E-state index in [1.807, 2.05) is 38.1 Å². The summed E-state index contributed by atoms with van der Waals surface area (Å²) >= 11 is 3.41. The van der Waals surface area contributed by atoms with Crippen LogP contribution < -0.4 is 5.32 Å². The average Bonchev–Trinajstić information content (AvgIpc) is 3.40. The number of H-pyrrole nitrogens is 1. The van der Waals surface area contributed by atoms with E-state index in [9.17, 15) is 9.59 Å². The number of aromatic amines is 1. The van der Waals surface area contributed by atoms with Crippen molar-refractivity contribution in [1.82, 2.24) is 20.2 Å². The number of alkyl carbamates (subject to hydrolysis) is 1. The number of methoxy groups -OCH3 is 1. The first-order valence-corrected chi connectivity index (χ1v) is 10.7. The Bertz CT molecular complexity index is 959. The molecule has 8 heteroatoms. The van der Waals surface area contributed by atoms with Gasteiger partial charge in [0.05, 0.1) is 19.3 Å². The molecule has 1 aliphatic rings. The number of benzene rings is 1. The molecule has 0 radical (unpaired) electrons. The van der Waals surface area contributed by atoms with Crippen LogP contribution in [0.5, 0.6) is 0 Å². The molecule has 1 saturated heterocycles. The minimum absolute atomic E-state index is 0.0678. The maximum absolute atomic E-state index is 13.1. The molecule has 2 heterocycles. The van der Waals surface area contributed by atoms with Gasteiger partial charge in [0.25, 0.3) is 0 Å². The van der Waals surface area contributed by atoms with Crippen molar-refractivity contribution in [3.8, 4) is 11.8 Å². The second kappa shape index (κ2) is 9.81. The molecule has 2 N–H and O–H groups in total. The summed E-state index contributed by atoms with van der Waals surface area (Å²) in [5.74, 6) is 6.70. The van der Waals surface area contributed by atoms with E-state index in [1.54, 1.807) is 11.1 Å². The van der Waals surface area contributed by atoms with Gasteiger partial charge in [-0.3, -0.25) is 4.79 Å². The zero-order valence-electron chi connectivity index (χ0n) is 17.2. The standard InChI is InChI=1S/C22H25BrN4O3/c1-14(2)19(26-22(29)30-3)21(28)27-12-4-5-18(27)20-24-13-17(25-20)11-8-15-6-9-16(23)10-7-15/h6-7,9-10,13-14,18-19H,4-5,12H2,1-3H3,(H,24,25)(H,26,29). The van der Waals surface area contributed by atoms with Gasteiger partial charge >= 0.3 is 6.09 Å². The summed E-state index contributed by atoms with van der Waals surface area (Å²) < 4.78 is 5.68. The molecule has 0 aliphatic carbocycles. The van der Waals surface area contributed by atoms with Gasteiger partial charge in [0, 0.05) is 16.6 Å². The molecule has 0 spiro atoms. The number of halogens is 1. The van der Waals surface area contributed by atoms with Gasteiger partial charge in [-0.1, -0.05) is 35.7 Å². The quantitative estimate of drug-likeness (QED) is 0.665. The average molecular weight is 473 g/mol. The van der Waals surface area contributed by atoms with Crippen LogP contribution in [0.4, 0.5) is 4.79 Å². The number of amides is 2. The predicted molar refractivity (Wildman–Crippen MR) is 117 cm³/mol. The lowest BCUT2D eigenvalue weighted by molar-refractivity contribution is -0.135. The summed E-state index contributed by atoms with van der Waals surface area (Å²) in [6.07, 6.45) is 2.76. The fourth-order valence-electron chi connectivity index (χ4n) is 3.44. The van der Waals surface area contributed by atoms with E-state index in [2.05, 4.69) is 47.8 Å². The lowest BCUT2D eigenvalue weighted by Gasteiger charge is -2.29. The van der Waals surface area contributed by atoms with Crippen molar-refractivity contribution < 1.29 is 14.3 Å². The lowest BCUT2D eigenvalue weighted by atomic mass is 10.0. The highest BCUT2D eigenvalue weighted by atomic mass is 79.9. The largest absolute Gasteiger partial charge is 0.453 e. The van der Waals surface area contributed by atoms with Crippen LogP contribution in [0.15, 0.2) is 34.9 Å². The molecule has 1 aromatic heterocycles. The fraction of sp³-hybridized carbons (Fsp3) is 0.409. The fourth-order valence-corrected chi connectivity index (χ4v) is 3.70. The Balaban J connectivity index is 1.75. The summed E-state index contributed by atoms with van der Waals surface area (Å²) in [6, 6.07) is 6.94. The number of imidazole rings is 1. The van der Waals surface area contributed by atoms with E-state index >= 15 is 0 Å². The van der Waals surface area contributed by atoms with Crippen LogP contribution in [0.1, 0.15) is 49.8 Å². The molecule has 3 rings (SSSR count). The Kier molecular flexibility index (Phi) is 7.16. The van der Waals surface area contributed by atoms with Crippen LogP contribution in [0, 0.1) is 17.8 Å². The Morgan fingerprint density at radius 1 is 1.30 bits per heavy atom. The molecule has 0 bridgehead atoms. The Morgan fingerprint density at radius 2 is 2.03 bits per heavy atom. The number of rotatable bonds is 4. The highest BCUT2D eigenvalue weighted by Crippen LogP contribution is 2.31. The third-order valence-corrected chi connectivity index (χ3v) is 5.55. The minimum Gasteiger partial charge on any atom is -0.453 e. The summed E-state index contributed by atoms with van der Waals surface area (Å²) in [5, 5.41) is 2.65. The minimum atomic E-state index is -0.648.